The third-order valence-corrected chi connectivity index (χ3v) is 12.7. The highest BCUT2D eigenvalue weighted by atomic mass is 32.2. The molecule has 3 unspecified atom stereocenters. The van der Waals surface area contributed by atoms with Gasteiger partial charge in [-0.05, 0) is 30.4 Å². The van der Waals surface area contributed by atoms with Crippen molar-refractivity contribution in [3.05, 3.63) is 55.6 Å². The molecule has 0 radical (unpaired) electrons. The van der Waals surface area contributed by atoms with Crippen molar-refractivity contribution in [1.82, 2.24) is 14.7 Å². The number of hydrogen-bond donors (Lipinski definition) is 1. The molecule has 9 nitrogen and oxygen atoms in total. The molecule has 45 heavy (non-hydrogen) atoms. The van der Waals surface area contributed by atoms with Crippen LogP contribution in [-0.4, -0.2) is 119 Å². The lowest BCUT2D eigenvalue weighted by molar-refractivity contribution is -0.147. The zero-order chi connectivity index (χ0) is 32.3. The predicted molar refractivity (Wildman–Crippen MR) is 179 cm³/mol. The highest BCUT2D eigenvalue weighted by Crippen LogP contribution is 2.69. The summed E-state index contributed by atoms with van der Waals surface area (Å²) in [6.07, 6.45) is 4.95. The van der Waals surface area contributed by atoms with Gasteiger partial charge in [0.15, 0.2) is 0 Å². The Balaban J connectivity index is 1.55. The van der Waals surface area contributed by atoms with Gasteiger partial charge in [0.05, 0.1) is 42.4 Å². The number of aliphatic hydroxyl groups excluding tert-OH is 1. The molecule has 246 valence electrons. The highest BCUT2D eigenvalue weighted by Gasteiger charge is 2.77. The summed E-state index contributed by atoms with van der Waals surface area (Å²) < 4.78 is 4.75. The van der Waals surface area contributed by atoms with Gasteiger partial charge in [-0.3, -0.25) is 19.3 Å². The second-order valence-corrected chi connectivity index (χ2v) is 14.6. The minimum atomic E-state index is -0.779. The topological polar surface area (TPSA) is 93.6 Å². The highest BCUT2D eigenvalue weighted by molar-refractivity contribution is 8.02. The van der Waals surface area contributed by atoms with E-state index in [1.807, 2.05) is 49.1 Å². The molecule has 0 aromatic heterocycles. The molecule has 8 atom stereocenters. The minimum absolute atomic E-state index is 0.0288. The fourth-order valence-corrected chi connectivity index (χ4v) is 10.5. The normalized spacial score (nSPS) is 30.5. The Morgan fingerprint density at radius 1 is 1.16 bits per heavy atom. The van der Waals surface area contributed by atoms with Crippen LogP contribution in [0.15, 0.2) is 55.6 Å². The molecule has 0 saturated carbocycles. The van der Waals surface area contributed by atoms with Crippen molar-refractivity contribution in [2.75, 3.05) is 64.0 Å². The quantitative estimate of drug-likeness (QED) is 0.313. The second-order valence-electron chi connectivity index (χ2n) is 13.0. The standard InChI is InChI=1S/C35H50N4O5S/c1-6-14-37(17-16-36-18-20-44-21-19-36)34(43)31-35-25(5)22-28(45-35)29(30(35)33(42)39(31)27(23-40)24(4)8-3)32(41)38(15-7-2)26-12-10-9-11-13-26/h6-7,9-13,24-25,27-31,40H,1-2,8,14-23H2,3-5H3/t24-,25?,27-,28+,29-,30-,31?,35?/m0/s1. The molecular weight excluding hydrogens is 588 g/mol. The first-order valence-corrected chi connectivity index (χ1v) is 17.4. The van der Waals surface area contributed by atoms with E-state index in [0.717, 1.165) is 31.6 Å². The number of carbonyl (C=O) groups excluding carboxylic acids is 3. The van der Waals surface area contributed by atoms with Crippen molar-refractivity contribution < 1.29 is 24.2 Å². The molecule has 2 bridgehead atoms. The van der Waals surface area contributed by atoms with Gasteiger partial charge in [-0.15, -0.1) is 24.9 Å². The number of hydrogen-bond acceptors (Lipinski definition) is 7. The summed E-state index contributed by atoms with van der Waals surface area (Å²) in [6, 6.07) is 8.22. The number of carbonyl (C=O) groups is 3. The zero-order valence-electron chi connectivity index (χ0n) is 27.1. The number of anilines is 1. The van der Waals surface area contributed by atoms with E-state index in [9.17, 15) is 19.5 Å². The fraction of sp³-hybridized carbons (Fsp3) is 0.629. The number of thioether (sulfide) groups is 1. The van der Waals surface area contributed by atoms with Gasteiger partial charge >= 0.3 is 0 Å². The molecule has 1 aromatic carbocycles. The SMILES string of the molecule is C=CCN(CCN1CCOCC1)C(=O)C1N([C@@H](CO)[C@@H](C)CC)C(=O)[C@@H]2[C@@H](C(=O)N(CC=C)c3ccccc3)[C@H]3CC(C)C12S3. The lowest BCUT2D eigenvalue weighted by Gasteiger charge is -2.43. The summed E-state index contributed by atoms with van der Waals surface area (Å²) in [6.45, 7) is 18.7. The van der Waals surface area contributed by atoms with E-state index < -0.39 is 28.7 Å². The maximum atomic E-state index is 14.9. The average Bonchev–Trinajstić information content (AvgIpc) is 3.66. The minimum Gasteiger partial charge on any atom is -0.394 e. The largest absolute Gasteiger partial charge is 0.394 e. The smallest absolute Gasteiger partial charge is 0.247 e. The van der Waals surface area contributed by atoms with E-state index in [1.54, 1.807) is 33.7 Å². The number of aliphatic hydroxyl groups is 1. The van der Waals surface area contributed by atoms with Gasteiger partial charge in [-0.25, -0.2) is 0 Å². The van der Waals surface area contributed by atoms with E-state index in [2.05, 4.69) is 25.0 Å². The van der Waals surface area contributed by atoms with Gasteiger partial charge in [-0.1, -0.05) is 57.5 Å². The van der Waals surface area contributed by atoms with E-state index in [0.29, 0.717) is 39.4 Å². The molecule has 10 heteroatoms. The molecule has 1 spiro atoms. The molecular formula is C35H50N4O5S. The number of nitrogens with zero attached hydrogens (tertiary/aromatic N) is 4. The number of ether oxygens (including phenoxy) is 1. The average molecular weight is 639 g/mol. The second kappa shape index (κ2) is 14.4. The van der Waals surface area contributed by atoms with Crippen molar-refractivity contribution in [3.63, 3.8) is 0 Å². The van der Waals surface area contributed by atoms with Crippen LogP contribution in [0, 0.1) is 23.7 Å². The van der Waals surface area contributed by atoms with E-state index in [-0.39, 0.29) is 41.4 Å². The van der Waals surface area contributed by atoms with Gasteiger partial charge in [0.25, 0.3) is 0 Å². The van der Waals surface area contributed by atoms with E-state index >= 15 is 0 Å². The molecule has 1 N–H and O–H groups in total. The Morgan fingerprint density at radius 2 is 1.84 bits per heavy atom. The summed E-state index contributed by atoms with van der Waals surface area (Å²) in [5.41, 5.74) is 0.764. The van der Waals surface area contributed by atoms with Crippen LogP contribution in [0.5, 0.6) is 0 Å². The number of rotatable bonds is 14. The molecule has 4 saturated heterocycles. The Morgan fingerprint density at radius 3 is 2.47 bits per heavy atom. The van der Waals surface area contributed by atoms with Crippen molar-refractivity contribution in [3.8, 4) is 0 Å². The molecule has 4 aliphatic heterocycles. The first kappa shape index (κ1) is 33.7. The van der Waals surface area contributed by atoms with Gasteiger partial charge in [0.2, 0.25) is 17.7 Å². The van der Waals surface area contributed by atoms with Crippen molar-refractivity contribution >= 4 is 35.2 Å². The number of benzene rings is 1. The van der Waals surface area contributed by atoms with Crippen LogP contribution in [-0.2, 0) is 19.1 Å². The van der Waals surface area contributed by atoms with Crippen LogP contribution in [0.4, 0.5) is 5.69 Å². The Bertz CT molecular complexity index is 1240. The number of para-hydroxylation sites is 1. The third kappa shape index (κ3) is 5.99. The van der Waals surface area contributed by atoms with Crippen LogP contribution >= 0.6 is 11.8 Å². The molecule has 4 aliphatic rings. The summed E-state index contributed by atoms with van der Waals surface area (Å²) in [5.74, 6) is -1.61. The lowest BCUT2D eigenvalue weighted by atomic mass is 9.65. The molecule has 3 amide bonds. The van der Waals surface area contributed by atoms with Crippen LogP contribution < -0.4 is 4.90 Å². The number of likely N-dealkylation sites (tertiary alicyclic amines) is 1. The maximum absolute atomic E-state index is 14.9. The lowest BCUT2D eigenvalue weighted by Crippen LogP contribution is -2.60. The van der Waals surface area contributed by atoms with Crippen LogP contribution in [0.3, 0.4) is 0 Å². The van der Waals surface area contributed by atoms with Gasteiger partial charge < -0.3 is 24.5 Å². The molecule has 1 aromatic rings. The Kier molecular flexibility index (Phi) is 10.8. The van der Waals surface area contributed by atoms with Gasteiger partial charge in [-0.2, -0.15) is 0 Å². The first-order valence-electron chi connectivity index (χ1n) is 16.5. The maximum Gasteiger partial charge on any atom is 0.247 e. The molecule has 4 fully saturated rings. The summed E-state index contributed by atoms with van der Waals surface area (Å²) in [5, 5.41) is 10.7. The van der Waals surface area contributed by atoms with Crippen LogP contribution in [0.25, 0.3) is 0 Å². The summed E-state index contributed by atoms with van der Waals surface area (Å²) in [4.78, 5) is 52.0. The van der Waals surface area contributed by atoms with E-state index in [4.69, 9.17) is 4.74 Å². The number of morpholine rings is 1. The van der Waals surface area contributed by atoms with Crippen molar-refractivity contribution in [2.24, 2.45) is 23.7 Å². The number of fused-ring (bicyclic) bond motifs is 1. The van der Waals surface area contributed by atoms with Crippen LogP contribution in [0.2, 0.25) is 0 Å². The summed E-state index contributed by atoms with van der Waals surface area (Å²) in [7, 11) is 0. The predicted octanol–water partition coefficient (Wildman–Crippen LogP) is 3.30. The molecule has 4 heterocycles. The monoisotopic (exact) mass is 638 g/mol. The molecule has 0 aliphatic carbocycles. The summed E-state index contributed by atoms with van der Waals surface area (Å²) >= 11 is 1.68. The van der Waals surface area contributed by atoms with Gasteiger partial charge in [0, 0.05) is 50.2 Å². The van der Waals surface area contributed by atoms with Crippen molar-refractivity contribution in [2.45, 2.75) is 55.7 Å². The molecule has 5 rings (SSSR count). The third-order valence-electron chi connectivity index (χ3n) is 10.6. The first-order chi connectivity index (χ1) is 21.7. The fourth-order valence-electron chi connectivity index (χ4n) is 8.14. The number of amides is 3. The van der Waals surface area contributed by atoms with Gasteiger partial charge in [0.1, 0.15) is 6.04 Å². The zero-order valence-corrected chi connectivity index (χ0v) is 27.9. The van der Waals surface area contributed by atoms with E-state index in [1.165, 1.54) is 0 Å². The Labute approximate surface area is 272 Å². The van der Waals surface area contributed by atoms with Crippen LogP contribution in [0.1, 0.15) is 33.6 Å². The van der Waals surface area contributed by atoms with Crippen molar-refractivity contribution in [1.29, 1.82) is 0 Å². The Hall–Kier alpha value is -2.66.